The highest BCUT2D eigenvalue weighted by atomic mass is 16.7. The SMILES string of the molecule is CN1CC(=O)N2[C@H](C[C@]34O[C@@]3(Nc3ccccc34)[C@H]2c2ccc3c(c2)OCO3)C1=O. The molecule has 2 aromatic rings. The molecule has 2 amide bonds. The molecule has 1 N–H and O–H groups in total. The average molecular weight is 405 g/mol. The van der Waals surface area contributed by atoms with Crippen LogP contribution in [0.4, 0.5) is 5.69 Å². The highest BCUT2D eigenvalue weighted by molar-refractivity contribution is 5.96. The van der Waals surface area contributed by atoms with Crippen LogP contribution in [0, 0.1) is 0 Å². The van der Waals surface area contributed by atoms with E-state index in [-0.39, 0.29) is 25.2 Å². The fraction of sp³-hybridized carbons (Fsp3) is 0.364. The van der Waals surface area contributed by atoms with E-state index in [9.17, 15) is 9.59 Å². The number of para-hydroxylation sites is 1. The molecule has 0 aromatic heterocycles. The summed E-state index contributed by atoms with van der Waals surface area (Å²) in [6.45, 7) is 0.236. The quantitative estimate of drug-likeness (QED) is 0.726. The fourth-order valence-electron chi connectivity index (χ4n) is 5.79. The van der Waals surface area contributed by atoms with Gasteiger partial charge in [-0.2, -0.15) is 0 Å². The molecule has 5 heterocycles. The van der Waals surface area contributed by atoms with Crippen LogP contribution in [0.1, 0.15) is 23.6 Å². The maximum Gasteiger partial charge on any atom is 0.245 e. The molecule has 0 unspecified atom stereocenters. The number of likely N-dealkylation sites (N-methyl/N-ethyl adjacent to an activating group) is 1. The lowest BCUT2D eigenvalue weighted by Gasteiger charge is -2.48. The van der Waals surface area contributed by atoms with Gasteiger partial charge < -0.3 is 29.3 Å². The number of ether oxygens (including phenoxy) is 3. The minimum absolute atomic E-state index is 0.0526. The molecule has 0 radical (unpaired) electrons. The van der Waals surface area contributed by atoms with Crippen molar-refractivity contribution in [1.82, 2.24) is 9.80 Å². The van der Waals surface area contributed by atoms with Crippen LogP contribution < -0.4 is 14.8 Å². The number of anilines is 1. The third kappa shape index (κ3) is 1.73. The first-order valence-corrected chi connectivity index (χ1v) is 10.1. The smallest absolute Gasteiger partial charge is 0.245 e. The molecule has 4 atom stereocenters. The van der Waals surface area contributed by atoms with Gasteiger partial charge in [-0.05, 0) is 23.8 Å². The Bertz CT molecular complexity index is 1150. The minimum atomic E-state index is -0.799. The van der Waals surface area contributed by atoms with Gasteiger partial charge in [0.15, 0.2) is 22.8 Å². The van der Waals surface area contributed by atoms with Crippen molar-refractivity contribution >= 4 is 17.5 Å². The molecule has 0 aliphatic carbocycles. The van der Waals surface area contributed by atoms with Crippen molar-refractivity contribution in [1.29, 1.82) is 0 Å². The van der Waals surface area contributed by atoms with E-state index in [1.807, 2.05) is 42.5 Å². The summed E-state index contributed by atoms with van der Waals surface area (Å²) in [5.74, 6) is 1.18. The summed E-state index contributed by atoms with van der Waals surface area (Å²) in [6.07, 6.45) is 0.437. The number of carbonyl (C=O) groups excluding carboxylic acids is 2. The standard InChI is InChI=1S/C22H19N3O5/c1-24-10-18(26)25-15(20(24)27)9-21-13-4-2-3-5-14(13)23-22(21,30-21)19(25)12-6-7-16-17(8-12)29-11-28-16/h2-8,15,19,23H,9-11H2,1H3/t15-,19-,21-,22+/m1/s1. The number of piperidine rings is 1. The third-order valence-corrected chi connectivity index (χ3v) is 7.09. The van der Waals surface area contributed by atoms with E-state index in [2.05, 4.69) is 5.32 Å². The summed E-state index contributed by atoms with van der Waals surface area (Å²) in [7, 11) is 1.68. The molecule has 8 nitrogen and oxygen atoms in total. The molecule has 8 heteroatoms. The van der Waals surface area contributed by atoms with Crippen LogP contribution in [0.25, 0.3) is 0 Å². The third-order valence-electron chi connectivity index (χ3n) is 7.09. The summed E-state index contributed by atoms with van der Waals surface area (Å²) in [5, 5.41) is 3.56. The van der Waals surface area contributed by atoms with Gasteiger partial charge in [-0.15, -0.1) is 0 Å². The molecular formula is C22H19N3O5. The summed E-state index contributed by atoms with van der Waals surface area (Å²) in [6, 6.07) is 12.7. The van der Waals surface area contributed by atoms with Crippen molar-refractivity contribution in [2.45, 2.75) is 29.8 Å². The van der Waals surface area contributed by atoms with Crippen LogP contribution >= 0.6 is 0 Å². The molecule has 0 saturated carbocycles. The lowest BCUT2D eigenvalue weighted by Crippen LogP contribution is -2.65. The number of nitrogens with one attached hydrogen (secondary N) is 1. The topological polar surface area (TPSA) is 83.6 Å². The number of nitrogens with zero attached hydrogens (tertiary/aromatic N) is 2. The van der Waals surface area contributed by atoms with Gasteiger partial charge in [-0.25, -0.2) is 0 Å². The second-order valence-electron chi connectivity index (χ2n) is 8.57. The molecule has 0 spiro atoms. The van der Waals surface area contributed by atoms with Crippen molar-refractivity contribution in [2.24, 2.45) is 0 Å². The van der Waals surface area contributed by atoms with E-state index in [1.54, 1.807) is 11.9 Å². The number of benzene rings is 2. The first-order valence-electron chi connectivity index (χ1n) is 10.1. The van der Waals surface area contributed by atoms with Crippen LogP contribution in [0.2, 0.25) is 0 Å². The van der Waals surface area contributed by atoms with E-state index in [4.69, 9.17) is 14.2 Å². The highest BCUT2D eigenvalue weighted by Gasteiger charge is 2.83. The molecule has 152 valence electrons. The van der Waals surface area contributed by atoms with Gasteiger partial charge >= 0.3 is 0 Å². The van der Waals surface area contributed by atoms with Gasteiger partial charge in [0.2, 0.25) is 18.6 Å². The summed E-state index contributed by atoms with van der Waals surface area (Å²) in [4.78, 5) is 29.6. The second-order valence-corrected chi connectivity index (χ2v) is 8.57. The van der Waals surface area contributed by atoms with Gasteiger partial charge in [0.1, 0.15) is 12.1 Å². The number of rotatable bonds is 1. The number of hydrogen-bond donors (Lipinski definition) is 1. The van der Waals surface area contributed by atoms with Gasteiger partial charge in [-0.1, -0.05) is 24.3 Å². The van der Waals surface area contributed by atoms with Crippen LogP contribution in [0.5, 0.6) is 11.5 Å². The second kappa shape index (κ2) is 5.07. The molecule has 5 aliphatic heterocycles. The summed E-state index contributed by atoms with van der Waals surface area (Å²) in [5.41, 5.74) is 1.45. The number of epoxide rings is 1. The predicted molar refractivity (Wildman–Crippen MR) is 104 cm³/mol. The monoisotopic (exact) mass is 405 g/mol. The van der Waals surface area contributed by atoms with Crippen LogP contribution in [-0.2, 0) is 19.9 Å². The number of piperazine rings is 1. The zero-order chi connectivity index (χ0) is 20.3. The highest BCUT2D eigenvalue weighted by Crippen LogP contribution is 2.73. The molecular weight excluding hydrogens is 386 g/mol. The van der Waals surface area contributed by atoms with Crippen LogP contribution in [-0.4, -0.2) is 53.8 Å². The van der Waals surface area contributed by atoms with Gasteiger partial charge in [-0.3, -0.25) is 9.59 Å². The summed E-state index contributed by atoms with van der Waals surface area (Å²) >= 11 is 0. The zero-order valence-electron chi connectivity index (χ0n) is 16.3. The number of amides is 2. The zero-order valence-corrected chi connectivity index (χ0v) is 16.3. The molecule has 5 aliphatic rings. The largest absolute Gasteiger partial charge is 0.454 e. The lowest BCUT2D eigenvalue weighted by molar-refractivity contribution is -0.161. The van der Waals surface area contributed by atoms with E-state index < -0.39 is 23.4 Å². The average Bonchev–Trinajstić information content (AvgIpc) is 3.04. The number of carbonyl (C=O) groups is 2. The minimum Gasteiger partial charge on any atom is -0.454 e. The fourth-order valence-corrected chi connectivity index (χ4v) is 5.79. The van der Waals surface area contributed by atoms with E-state index >= 15 is 0 Å². The molecule has 30 heavy (non-hydrogen) atoms. The van der Waals surface area contributed by atoms with Crippen molar-refractivity contribution in [3.63, 3.8) is 0 Å². The maximum atomic E-state index is 13.2. The Balaban J connectivity index is 1.44. The Hall–Kier alpha value is -3.26. The van der Waals surface area contributed by atoms with E-state index in [0.717, 1.165) is 16.8 Å². The van der Waals surface area contributed by atoms with Crippen LogP contribution in [0.3, 0.4) is 0 Å². The Morgan fingerprint density at radius 3 is 2.83 bits per heavy atom. The first-order chi connectivity index (χ1) is 14.5. The Morgan fingerprint density at radius 1 is 1.10 bits per heavy atom. The molecule has 3 fully saturated rings. The van der Waals surface area contributed by atoms with Crippen LogP contribution in [0.15, 0.2) is 42.5 Å². The summed E-state index contributed by atoms with van der Waals surface area (Å²) < 4.78 is 17.5. The Labute approximate surface area is 172 Å². The van der Waals surface area contributed by atoms with Crippen molar-refractivity contribution < 1.29 is 23.8 Å². The van der Waals surface area contributed by atoms with Gasteiger partial charge in [0, 0.05) is 24.7 Å². The molecule has 2 aromatic carbocycles. The maximum absolute atomic E-state index is 13.2. The van der Waals surface area contributed by atoms with E-state index in [1.165, 1.54) is 4.90 Å². The van der Waals surface area contributed by atoms with Crippen molar-refractivity contribution in [2.75, 3.05) is 25.7 Å². The predicted octanol–water partition coefficient (Wildman–Crippen LogP) is 1.58. The van der Waals surface area contributed by atoms with Crippen molar-refractivity contribution in [3.05, 3.63) is 53.6 Å². The first kappa shape index (κ1) is 16.5. The Kier molecular flexibility index (Phi) is 2.79. The lowest BCUT2D eigenvalue weighted by atomic mass is 9.76. The van der Waals surface area contributed by atoms with Gasteiger partial charge in [0.25, 0.3) is 0 Å². The number of hydrogen-bond acceptors (Lipinski definition) is 6. The molecule has 7 rings (SSSR count). The number of fused-ring (bicyclic) bond motifs is 3. The van der Waals surface area contributed by atoms with E-state index in [0.29, 0.717) is 17.9 Å². The normalized spacial score (nSPS) is 34.7. The Morgan fingerprint density at radius 2 is 1.93 bits per heavy atom. The molecule has 0 bridgehead atoms. The van der Waals surface area contributed by atoms with Gasteiger partial charge in [0.05, 0.1) is 6.54 Å². The molecule has 3 saturated heterocycles. The van der Waals surface area contributed by atoms with Crippen molar-refractivity contribution in [3.8, 4) is 11.5 Å².